The van der Waals surface area contributed by atoms with Gasteiger partial charge >= 0.3 is 0 Å². The molecule has 1 aromatic rings. The molecule has 1 aromatic carbocycles. The third-order valence-corrected chi connectivity index (χ3v) is 2.72. The summed E-state index contributed by atoms with van der Waals surface area (Å²) >= 11 is 3.45. The topological polar surface area (TPSA) is 29.1 Å². The Bertz CT molecular complexity index is 399. The van der Waals surface area contributed by atoms with Gasteiger partial charge in [0.2, 0.25) is 5.91 Å². The third kappa shape index (κ3) is 4.62. The van der Waals surface area contributed by atoms with Gasteiger partial charge in [-0.15, -0.1) is 0 Å². The smallest absolute Gasteiger partial charge is 0.216 e. The second-order valence-corrected chi connectivity index (χ2v) is 4.59. The highest BCUT2D eigenvalue weighted by Crippen LogP contribution is 2.17. The highest BCUT2D eigenvalue weighted by atomic mass is 79.9. The number of aryl methyl sites for hydroxylation is 1. The quantitative estimate of drug-likeness (QED) is 0.843. The van der Waals surface area contributed by atoms with Crippen molar-refractivity contribution in [2.45, 2.75) is 20.3 Å². The molecule has 0 atom stereocenters. The maximum Gasteiger partial charge on any atom is 0.216 e. The van der Waals surface area contributed by atoms with E-state index < -0.39 is 0 Å². The lowest BCUT2D eigenvalue weighted by atomic mass is 10.1. The van der Waals surface area contributed by atoms with Gasteiger partial charge in [-0.05, 0) is 36.6 Å². The van der Waals surface area contributed by atoms with Gasteiger partial charge in [-0.2, -0.15) is 0 Å². The summed E-state index contributed by atoms with van der Waals surface area (Å²) in [5, 5.41) is 2.76. The number of hydrogen-bond acceptors (Lipinski definition) is 1. The summed E-state index contributed by atoms with van der Waals surface area (Å²) in [5.41, 5.74) is 2.45. The average molecular weight is 282 g/mol. The summed E-state index contributed by atoms with van der Waals surface area (Å²) in [7, 11) is 0. The first-order valence-electron chi connectivity index (χ1n) is 5.26. The number of carbonyl (C=O) groups is 1. The molecule has 2 nitrogen and oxygen atoms in total. The van der Waals surface area contributed by atoms with Crippen LogP contribution in [0.5, 0.6) is 0 Å². The van der Waals surface area contributed by atoms with Crippen LogP contribution in [-0.4, -0.2) is 12.5 Å². The van der Waals surface area contributed by atoms with Crippen LogP contribution in [0.4, 0.5) is 0 Å². The first kappa shape index (κ1) is 13.0. The monoisotopic (exact) mass is 281 g/mol. The van der Waals surface area contributed by atoms with Crippen molar-refractivity contribution < 1.29 is 4.79 Å². The van der Waals surface area contributed by atoms with Crippen LogP contribution in [0, 0.1) is 6.92 Å². The molecule has 1 N–H and O–H groups in total. The molecule has 0 saturated heterocycles. The van der Waals surface area contributed by atoms with Gasteiger partial charge in [-0.3, -0.25) is 4.79 Å². The largest absolute Gasteiger partial charge is 0.356 e. The van der Waals surface area contributed by atoms with Gasteiger partial charge in [0.05, 0.1) is 0 Å². The molecule has 1 rings (SSSR count). The Balaban J connectivity index is 2.49. The SMILES string of the molecule is CC(=O)NCCC=Cc1cc(Br)ccc1C. The van der Waals surface area contributed by atoms with Crippen LogP contribution in [0.3, 0.4) is 0 Å². The van der Waals surface area contributed by atoms with E-state index in [1.54, 1.807) is 0 Å². The van der Waals surface area contributed by atoms with Gasteiger partial charge in [0.15, 0.2) is 0 Å². The predicted molar refractivity (Wildman–Crippen MR) is 71.2 cm³/mol. The summed E-state index contributed by atoms with van der Waals surface area (Å²) < 4.78 is 1.08. The summed E-state index contributed by atoms with van der Waals surface area (Å²) in [6.07, 6.45) is 5.01. The lowest BCUT2D eigenvalue weighted by molar-refractivity contribution is -0.118. The molecule has 0 fully saturated rings. The Morgan fingerprint density at radius 3 is 2.94 bits per heavy atom. The van der Waals surface area contributed by atoms with Crippen molar-refractivity contribution in [3.05, 3.63) is 39.9 Å². The fourth-order valence-corrected chi connectivity index (χ4v) is 1.71. The molecule has 16 heavy (non-hydrogen) atoms. The fraction of sp³-hybridized carbons (Fsp3) is 0.308. The van der Waals surface area contributed by atoms with Crippen molar-refractivity contribution in [3.8, 4) is 0 Å². The van der Waals surface area contributed by atoms with E-state index in [-0.39, 0.29) is 5.91 Å². The molecule has 0 aromatic heterocycles. The van der Waals surface area contributed by atoms with E-state index in [9.17, 15) is 4.79 Å². The second kappa shape index (κ2) is 6.48. The number of rotatable bonds is 4. The highest BCUT2D eigenvalue weighted by Gasteiger charge is 1.94. The molecular formula is C13H16BrNO. The zero-order chi connectivity index (χ0) is 12.0. The maximum atomic E-state index is 10.6. The molecule has 0 unspecified atom stereocenters. The standard InChI is InChI=1S/C13H16BrNO/c1-10-6-7-13(14)9-12(10)5-3-4-8-15-11(2)16/h3,5-7,9H,4,8H2,1-2H3,(H,15,16). The first-order chi connectivity index (χ1) is 7.59. The van der Waals surface area contributed by atoms with Gasteiger partial charge in [0.1, 0.15) is 0 Å². The Kier molecular flexibility index (Phi) is 5.26. The molecule has 0 aliphatic heterocycles. The zero-order valence-corrected chi connectivity index (χ0v) is 11.2. The van der Waals surface area contributed by atoms with Crippen molar-refractivity contribution in [3.63, 3.8) is 0 Å². The molecule has 3 heteroatoms. The van der Waals surface area contributed by atoms with Crippen molar-refractivity contribution in [1.82, 2.24) is 5.32 Å². The van der Waals surface area contributed by atoms with Crippen molar-refractivity contribution in [2.24, 2.45) is 0 Å². The van der Waals surface area contributed by atoms with Crippen molar-refractivity contribution >= 4 is 27.9 Å². The lowest BCUT2D eigenvalue weighted by Gasteiger charge is -2.01. The number of amides is 1. The summed E-state index contributed by atoms with van der Waals surface area (Å²) in [4.78, 5) is 10.6. The highest BCUT2D eigenvalue weighted by molar-refractivity contribution is 9.10. The molecule has 0 spiro atoms. The second-order valence-electron chi connectivity index (χ2n) is 3.67. The van der Waals surface area contributed by atoms with Gasteiger partial charge < -0.3 is 5.32 Å². The molecule has 0 heterocycles. The molecular weight excluding hydrogens is 266 g/mol. The number of carbonyl (C=O) groups excluding carboxylic acids is 1. The Hall–Kier alpha value is -1.09. The molecule has 0 saturated carbocycles. The Morgan fingerprint density at radius 2 is 2.25 bits per heavy atom. The Morgan fingerprint density at radius 1 is 1.50 bits per heavy atom. The van der Waals surface area contributed by atoms with Crippen LogP contribution in [-0.2, 0) is 4.79 Å². The maximum absolute atomic E-state index is 10.6. The van der Waals surface area contributed by atoms with Gasteiger partial charge in [0, 0.05) is 17.9 Å². The minimum atomic E-state index is 0.0204. The van der Waals surface area contributed by atoms with Gasteiger partial charge in [0.25, 0.3) is 0 Å². The van der Waals surface area contributed by atoms with E-state index in [0.29, 0.717) is 6.54 Å². The number of halogens is 1. The third-order valence-electron chi connectivity index (χ3n) is 2.22. The number of benzene rings is 1. The minimum Gasteiger partial charge on any atom is -0.356 e. The van der Waals surface area contributed by atoms with Crippen LogP contribution >= 0.6 is 15.9 Å². The van der Waals surface area contributed by atoms with Crippen LogP contribution in [0.25, 0.3) is 6.08 Å². The summed E-state index contributed by atoms with van der Waals surface area (Å²) in [6, 6.07) is 6.20. The van der Waals surface area contributed by atoms with E-state index in [2.05, 4.69) is 52.5 Å². The molecule has 0 aliphatic carbocycles. The molecule has 0 bridgehead atoms. The summed E-state index contributed by atoms with van der Waals surface area (Å²) in [6.45, 7) is 4.31. The van der Waals surface area contributed by atoms with Gasteiger partial charge in [-0.1, -0.05) is 34.1 Å². The predicted octanol–water partition coefficient (Wildman–Crippen LogP) is 3.30. The molecule has 0 aliphatic rings. The number of nitrogens with one attached hydrogen (secondary N) is 1. The minimum absolute atomic E-state index is 0.0204. The molecule has 1 amide bonds. The fourth-order valence-electron chi connectivity index (χ4n) is 1.33. The molecule has 0 radical (unpaired) electrons. The van der Waals surface area contributed by atoms with Crippen LogP contribution in [0.1, 0.15) is 24.5 Å². The number of hydrogen-bond donors (Lipinski definition) is 1. The van der Waals surface area contributed by atoms with Gasteiger partial charge in [-0.25, -0.2) is 0 Å². The van der Waals surface area contributed by atoms with Crippen molar-refractivity contribution in [1.29, 1.82) is 0 Å². The molecule has 86 valence electrons. The zero-order valence-electron chi connectivity index (χ0n) is 9.59. The first-order valence-corrected chi connectivity index (χ1v) is 6.06. The van der Waals surface area contributed by atoms with Crippen LogP contribution in [0.15, 0.2) is 28.7 Å². The van der Waals surface area contributed by atoms with Crippen molar-refractivity contribution in [2.75, 3.05) is 6.54 Å². The Labute approximate surface area is 105 Å². The van der Waals surface area contributed by atoms with E-state index in [1.807, 2.05) is 6.07 Å². The van der Waals surface area contributed by atoms with E-state index in [1.165, 1.54) is 18.1 Å². The van der Waals surface area contributed by atoms with E-state index in [4.69, 9.17) is 0 Å². The van der Waals surface area contributed by atoms with E-state index in [0.717, 1.165) is 10.9 Å². The van der Waals surface area contributed by atoms with E-state index >= 15 is 0 Å². The summed E-state index contributed by atoms with van der Waals surface area (Å²) in [5.74, 6) is 0.0204. The van der Waals surface area contributed by atoms with Crippen LogP contribution < -0.4 is 5.32 Å². The van der Waals surface area contributed by atoms with Crippen LogP contribution in [0.2, 0.25) is 0 Å². The normalized spacial score (nSPS) is 10.7. The average Bonchev–Trinajstić information content (AvgIpc) is 2.22. The lowest BCUT2D eigenvalue weighted by Crippen LogP contribution is -2.20.